The number of aliphatic hydroxyl groups is 1. The van der Waals surface area contributed by atoms with Crippen molar-refractivity contribution in [2.45, 2.75) is 13.8 Å². The van der Waals surface area contributed by atoms with Crippen LogP contribution < -0.4 is 14.4 Å². The van der Waals surface area contributed by atoms with Gasteiger partial charge in [-0.3, -0.25) is 4.79 Å². The van der Waals surface area contributed by atoms with Crippen LogP contribution in [0.5, 0.6) is 11.5 Å². The van der Waals surface area contributed by atoms with Crippen LogP contribution in [0.2, 0.25) is 0 Å². The second-order valence-electron chi connectivity index (χ2n) is 7.79. The van der Waals surface area contributed by atoms with Gasteiger partial charge in [0.2, 0.25) is 0 Å². The predicted molar refractivity (Wildman–Crippen MR) is 143 cm³/mol. The number of aromatic nitrogens is 1. The predicted octanol–water partition coefficient (Wildman–Crippen LogP) is 7.07. The van der Waals surface area contributed by atoms with Crippen LogP contribution >= 0.6 is 0 Å². The summed E-state index contributed by atoms with van der Waals surface area (Å²) in [6, 6.07) is 31.5. The Bertz CT molecular complexity index is 1270. The number of ketones is 1. The first kappa shape index (κ1) is 29.3. The molecule has 1 aromatic heterocycles. The molecule has 37 heavy (non-hydrogen) atoms. The molecule has 6 nitrogen and oxygen atoms in total. The summed E-state index contributed by atoms with van der Waals surface area (Å²) in [6.07, 6.45) is 2.88. The second kappa shape index (κ2) is 14.6. The van der Waals surface area contributed by atoms with Crippen LogP contribution in [-0.2, 0) is 24.9 Å². The van der Waals surface area contributed by atoms with Crippen LogP contribution in [0.15, 0.2) is 103 Å². The molecule has 4 aromatic rings. The smallest absolute Gasteiger partial charge is 0.155 e. The minimum atomic E-state index is -0.125. The molecule has 1 radical (unpaired) electrons. The minimum absolute atomic E-state index is 0. The molecule has 1 heterocycles. The number of allylic oxidation sites excluding steroid dienone is 2. The van der Waals surface area contributed by atoms with E-state index in [1.54, 1.807) is 20.4 Å². The topological polar surface area (TPSA) is 71.9 Å². The summed E-state index contributed by atoms with van der Waals surface area (Å²) in [7, 11) is 3.30. The number of nitrogens with zero attached hydrogens (tertiary/aromatic N) is 2. The average Bonchev–Trinajstić information content (AvgIpc) is 2.89. The quantitative estimate of drug-likeness (QED) is 0.129. The molecule has 0 aliphatic rings. The van der Waals surface area contributed by atoms with E-state index in [-0.39, 0.29) is 31.6 Å². The maximum absolute atomic E-state index is 10.0. The number of anilines is 3. The van der Waals surface area contributed by atoms with Gasteiger partial charge in [-0.15, -0.1) is 12.1 Å². The number of aliphatic hydroxyl groups excluding tert-OH is 1. The Labute approximate surface area is 231 Å². The van der Waals surface area contributed by atoms with Crippen molar-refractivity contribution in [1.82, 2.24) is 4.98 Å². The number of pyridine rings is 1. The van der Waals surface area contributed by atoms with Gasteiger partial charge in [-0.25, -0.2) is 0 Å². The second-order valence-corrected chi connectivity index (χ2v) is 7.79. The molecule has 0 aliphatic heterocycles. The van der Waals surface area contributed by atoms with E-state index in [0.29, 0.717) is 5.75 Å². The van der Waals surface area contributed by atoms with Gasteiger partial charge in [0.1, 0.15) is 5.75 Å². The van der Waals surface area contributed by atoms with Crippen LogP contribution in [0.4, 0.5) is 17.1 Å². The first-order chi connectivity index (χ1) is 17.4. The third-order valence-corrected chi connectivity index (χ3v) is 5.03. The van der Waals surface area contributed by atoms with Crippen LogP contribution in [-0.4, -0.2) is 30.1 Å². The van der Waals surface area contributed by atoms with Crippen molar-refractivity contribution in [2.24, 2.45) is 0 Å². The van der Waals surface area contributed by atoms with Crippen LogP contribution in [0, 0.1) is 6.07 Å². The van der Waals surface area contributed by atoms with E-state index in [4.69, 9.17) is 14.6 Å². The molecule has 193 valence electrons. The van der Waals surface area contributed by atoms with Gasteiger partial charge in [0.15, 0.2) is 5.78 Å². The molecule has 0 spiro atoms. The largest absolute Gasteiger partial charge is 0.540 e. The van der Waals surface area contributed by atoms with Crippen molar-refractivity contribution in [3.8, 4) is 22.8 Å². The minimum Gasteiger partial charge on any atom is -0.540 e. The molecule has 4 rings (SSSR count). The van der Waals surface area contributed by atoms with Crippen LogP contribution in [0.3, 0.4) is 0 Å². The standard InChI is InChI=1S/C25H21N2O2.C5H8O2.Ir/c1-28-22-15-16-26-24(18-22)23-14-13-21(17-25(23)29-2)27(19-9-5-3-6-10-19)20-11-7-4-8-12-20;1-4(6)3-5(2)7;/h3-13,15-18H,1-2H3;3,6H,1-2H3;/q-1;;/b;4-3-;. The zero-order chi connectivity index (χ0) is 25.9. The summed E-state index contributed by atoms with van der Waals surface area (Å²) in [4.78, 5) is 16.6. The molecule has 0 amide bonds. The molecular formula is C30H29IrN2O4-. The normalized spacial score (nSPS) is 10.3. The first-order valence-electron chi connectivity index (χ1n) is 11.3. The Balaban J connectivity index is 0.000000532. The number of carbonyl (C=O) groups is 1. The summed E-state index contributed by atoms with van der Waals surface area (Å²) >= 11 is 0. The number of rotatable bonds is 7. The molecule has 0 saturated carbocycles. The van der Waals surface area contributed by atoms with Gasteiger partial charge >= 0.3 is 0 Å². The summed E-state index contributed by atoms with van der Waals surface area (Å²) in [5.74, 6) is 1.37. The fraction of sp³-hybridized carbons (Fsp3) is 0.133. The van der Waals surface area contributed by atoms with Gasteiger partial charge in [0.05, 0.1) is 20.0 Å². The number of methoxy groups -OCH3 is 2. The Kier molecular flexibility index (Phi) is 11.6. The van der Waals surface area contributed by atoms with Crippen molar-refractivity contribution in [3.63, 3.8) is 0 Å². The van der Waals surface area contributed by atoms with E-state index >= 15 is 0 Å². The van der Waals surface area contributed by atoms with Gasteiger partial charge in [-0.1, -0.05) is 48.0 Å². The maximum Gasteiger partial charge on any atom is 0.155 e. The number of ether oxygens (including phenoxy) is 2. The molecular weight excluding hydrogens is 645 g/mol. The van der Waals surface area contributed by atoms with E-state index in [1.165, 1.54) is 19.9 Å². The monoisotopic (exact) mass is 674 g/mol. The fourth-order valence-electron chi connectivity index (χ4n) is 3.53. The third kappa shape index (κ3) is 8.31. The Morgan fingerprint density at radius 2 is 1.49 bits per heavy atom. The van der Waals surface area contributed by atoms with Crippen molar-refractivity contribution < 1.29 is 39.5 Å². The van der Waals surface area contributed by atoms with Crippen molar-refractivity contribution in [1.29, 1.82) is 0 Å². The number of carbonyl (C=O) groups excluding carboxylic acids is 1. The van der Waals surface area contributed by atoms with Gasteiger partial charge in [-0.2, -0.15) is 0 Å². The maximum atomic E-state index is 10.0. The molecule has 0 aliphatic carbocycles. The van der Waals surface area contributed by atoms with Crippen LogP contribution in [0.1, 0.15) is 13.8 Å². The van der Waals surface area contributed by atoms with E-state index in [1.807, 2.05) is 60.7 Å². The SMILES string of the molecule is CC(=O)/C=C(/C)O.COc1ccnc(-c2[c-]cc(N(c3ccccc3)c3ccccc3)cc2OC)c1.[Ir]. The van der Waals surface area contributed by atoms with E-state index in [2.05, 4.69) is 40.2 Å². The third-order valence-electron chi connectivity index (χ3n) is 5.03. The average molecular weight is 674 g/mol. The van der Waals surface area contributed by atoms with Gasteiger partial charge < -0.3 is 24.5 Å². The van der Waals surface area contributed by atoms with Crippen molar-refractivity contribution >= 4 is 22.8 Å². The number of hydrogen-bond acceptors (Lipinski definition) is 6. The molecule has 0 saturated heterocycles. The van der Waals surface area contributed by atoms with Crippen molar-refractivity contribution in [3.05, 3.63) is 109 Å². The number of para-hydroxylation sites is 2. The Morgan fingerprint density at radius 3 is 1.95 bits per heavy atom. The molecule has 3 aromatic carbocycles. The van der Waals surface area contributed by atoms with E-state index in [0.717, 1.165) is 34.1 Å². The zero-order valence-corrected chi connectivity index (χ0v) is 23.5. The molecule has 0 atom stereocenters. The van der Waals surface area contributed by atoms with Crippen LogP contribution in [0.25, 0.3) is 11.3 Å². The number of hydrogen-bond donors (Lipinski definition) is 1. The molecule has 0 unspecified atom stereocenters. The zero-order valence-electron chi connectivity index (χ0n) is 21.1. The molecule has 1 N–H and O–H groups in total. The molecule has 0 bridgehead atoms. The first-order valence-corrected chi connectivity index (χ1v) is 11.3. The van der Waals surface area contributed by atoms with E-state index in [9.17, 15) is 4.79 Å². The van der Waals surface area contributed by atoms with Crippen molar-refractivity contribution in [2.75, 3.05) is 19.1 Å². The number of benzene rings is 3. The summed E-state index contributed by atoms with van der Waals surface area (Å²) in [6.45, 7) is 2.85. The Morgan fingerprint density at radius 1 is 0.892 bits per heavy atom. The van der Waals surface area contributed by atoms with Gasteiger partial charge in [0, 0.05) is 49.5 Å². The van der Waals surface area contributed by atoms with E-state index < -0.39 is 0 Å². The van der Waals surface area contributed by atoms with Gasteiger partial charge in [0.25, 0.3) is 0 Å². The Hall–Kier alpha value is -3.93. The summed E-state index contributed by atoms with van der Waals surface area (Å²) in [5, 5.41) is 8.36. The summed E-state index contributed by atoms with van der Waals surface area (Å²) < 4.78 is 11.0. The van der Waals surface area contributed by atoms with Gasteiger partial charge in [-0.05, 0) is 61.6 Å². The summed E-state index contributed by atoms with van der Waals surface area (Å²) in [5.41, 5.74) is 4.60. The molecule has 0 fully saturated rings. The molecule has 7 heteroatoms. The fourth-order valence-corrected chi connectivity index (χ4v) is 3.53.